The molecule has 6 nitrogen and oxygen atoms in total. The van der Waals surface area contributed by atoms with Crippen molar-refractivity contribution in [2.75, 3.05) is 18.4 Å². The van der Waals surface area contributed by atoms with Crippen molar-refractivity contribution in [3.63, 3.8) is 0 Å². The molecule has 3 aromatic rings. The number of piperidine rings is 1. The summed E-state index contributed by atoms with van der Waals surface area (Å²) in [5.41, 5.74) is 1.66. The summed E-state index contributed by atoms with van der Waals surface area (Å²) in [6.07, 6.45) is 3.55. The second kappa shape index (κ2) is 10.4. The number of thioether (sulfide) groups is 1. The summed E-state index contributed by atoms with van der Waals surface area (Å²) in [5, 5.41) is 11.5. The number of hydrogen-bond donors (Lipinski definition) is 1. The van der Waals surface area contributed by atoms with E-state index in [0.717, 1.165) is 37.4 Å². The van der Waals surface area contributed by atoms with E-state index in [1.54, 1.807) is 38.1 Å². The molecule has 0 saturated carbocycles. The third-order valence-corrected chi connectivity index (χ3v) is 6.73. The first-order valence-corrected chi connectivity index (χ1v) is 11.9. The fraction of sp³-hybridized carbons (Fsp3) is 0.375. The number of hydrogen-bond acceptors (Lipinski definition) is 5. The smallest absolute Gasteiger partial charge is 0.237 e. The van der Waals surface area contributed by atoms with E-state index in [2.05, 4.69) is 20.4 Å². The fourth-order valence-electron chi connectivity index (χ4n) is 3.77. The SMILES string of the molecule is Cc1ccc(NC(=O)C(C)Sc2nnc(CN3CCCCC3)n2-c2ccc(F)cc2)cc1F. The minimum Gasteiger partial charge on any atom is -0.325 e. The highest BCUT2D eigenvalue weighted by Crippen LogP contribution is 2.28. The Morgan fingerprint density at radius 1 is 1.09 bits per heavy atom. The normalized spacial score (nSPS) is 15.4. The third-order valence-electron chi connectivity index (χ3n) is 5.69. The van der Waals surface area contributed by atoms with Crippen molar-refractivity contribution in [2.45, 2.75) is 50.1 Å². The highest BCUT2D eigenvalue weighted by atomic mass is 32.2. The van der Waals surface area contributed by atoms with Gasteiger partial charge in [-0.2, -0.15) is 0 Å². The van der Waals surface area contributed by atoms with Crippen molar-refractivity contribution in [3.8, 4) is 5.69 Å². The molecule has 4 rings (SSSR count). The molecule has 174 valence electrons. The molecule has 0 bridgehead atoms. The number of aryl methyl sites for hydroxylation is 1. The number of halogens is 2. The van der Waals surface area contributed by atoms with Crippen LogP contribution < -0.4 is 5.32 Å². The number of anilines is 1. The molecule has 0 radical (unpaired) electrons. The average molecular weight is 472 g/mol. The Hall–Kier alpha value is -2.78. The molecule has 1 aliphatic heterocycles. The maximum absolute atomic E-state index is 13.8. The van der Waals surface area contributed by atoms with Gasteiger partial charge in [-0.3, -0.25) is 14.3 Å². The van der Waals surface area contributed by atoms with Crippen molar-refractivity contribution >= 4 is 23.4 Å². The average Bonchev–Trinajstić information content (AvgIpc) is 3.19. The summed E-state index contributed by atoms with van der Waals surface area (Å²) in [6.45, 7) is 6.07. The zero-order valence-corrected chi connectivity index (χ0v) is 19.5. The van der Waals surface area contributed by atoms with Gasteiger partial charge >= 0.3 is 0 Å². The van der Waals surface area contributed by atoms with E-state index in [0.29, 0.717) is 23.0 Å². The molecule has 2 aromatic carbocycles. The van der Waals surface area contributed by atoms with Crippen LogP contribution >= 0.6 is 11.8 Å². The molecule has 2 heterocycles. The van der Waals surface area contributed by atoms with Crippen molar-refractivity contribution in [1.82, 2.24) is 19.7 Å². The van der Waals surface area contributed by atoms with Gasteiger partial charge in [0.25, 0.3) is 0 Å². The van der Waals surface area contributed by atoms with Gasteiger partial charge in [0, 0.05) is 11.4 Å². The van der Waals surface area contributed by atoms with Crippen LogP contribution in [-0.2, 0) is 11.3 Å². The second-order valence-electron chi connectivity index (χ2n) is 8.26. The Bertz CT molecular complexity index is 1110. The van der Waals surface area contributed by atoms with Gasteiger partial charge in [0.15, 0.2) is 11.0 Å². The quantitative estimate of drug-likeness (QED) is 0.494. The molecular formula is C24H27F2N5OS. The molecule has 1 atom stereocenters. The summed E-state index contributed by atoms with van der Waals surface area (Å²) >= 11 is 1.26. The lowest BCUT2D eigenvalue weighted by molar-refractivity contribution is -0.115. The van der Waals surface area contributed by atoms with Gasteiger partial charge in [0.05, 0.1) is 11.8 Å². The van der Waals surface area contributed by atoms with Gasteiger partial charge in [-0.15, -0.1) is 10.2 Å². The van der Waals surface area contributed by atoms with E-state index in [4.69, 9.17) is 0 Å². The topological polar surface area (TPSA) is 63.1 Å². The number of rotatable bonds is 7. The highest BCUT2D eigenvalue weighted by Gasteiger charge is 2.23. The first-order chi connectivity index (χ1) is 15.9. The monoisotopic (exact) mass is 471 g/mol. The summed E-state index contributed by atoms with van der Waals surface area (Å²) in [5.74, 6) is -0.211. The van der Waals surface area contributed by atoms with Crippen LogP contribution in [0.25, 0.3) is 5.69 Å². The van der Waals surface area contributed by atoms with Crippen LogP contribution in [0.4, 0.5) is 14.5 Å². The van der Waals surface area contributed by atoms with Crippen molar-refractivity contribution in [2.24, 2.45) is 0 Å². The van der Waals surface area contributed by atoms with Gasteiger partial charge in [0.1, 0.15) is 11.6 Å². The van der Waals surface area contributed by atoms with Crippen LogP contribution in [0.15, 0.2) is 47.6 Å². The lowest BCUT2D eigenvalue weighted by Gasteiger charge is -2.26. The predicted octanol–water partition coefficient (Wildman–Crippen LogP) is 4.96. The maximum Gasteiger partial charge on any atom is 0.237 e. The number of carbonyl (C=O) groups excluding carboxylic acids is 1. The Morgan fingerprint density at radius 2 is 1.82 bits per heavy atom. The van der Waals surface area contributed by atoms with Crippen LogP contribution in [0.1, 0.15) is 37.6 Å². The fourth-order valence-corrected chi connectivity index (χ4v) is 4.66. The Labute approximate surface area is 196 Å². The van der Waals surface area contributed by atoms with E-state index < -0.39 is 5.25 Å². The largest absolute Gasteiger partial charge is 0.325 e. The molecule has 9 heteroatoms. The molecule has 1 fully saturated rings. The molecule has 1 aliphatic rings. The van der Waals surface area contributed by atoms with Crippen LogP contribution in [0.2, 0.25) is 0 Å². The van der Waals surface area contributed by atoms with Crippen LogP contribution in [0, 0.1) is 18.6 Å². The summed E-state index contributed by atoms with van der Waals surface area (Å²) in [4.78, 5) is 15.1. The molecule has 1 amide bonds. The zero-order chi connectivity index (χ0) is 23.4. The minimum absolute atomic E-state index is 0.269. The summed E-state index contributed by atoms with van der Waals surface area (Å²) in [6, 6.07) is 10.8. The van der Waals surface area contributed by atoms with E-state index in [-0.39, 0.29) is 17.5 Å². The van der Waals surface area contributed by atoms with Crippen LogP contribution in [0.3, 0.4) is 0 Å². The van der Waals surface area contributed by atoms with Gasteiger partial charge < -0.3 is 5.32 Å². The third kappa shape index (κ3) is 5.78. The predicted molar refractivity (Wildman–Crippen MR) is 126 cm³/mol. The second-order valence-corrected chi connectivity index (χ2v) is 9.57. The Kier molecular flexibility index (Phi) is 7.39. The molecule has 1 saturated heterocycles. The molecule has 0 spiro atoms. The number of nitrogens with zero attached hydrogens (tertiary/aromatic N) is 4. The summed E-state index contributed by atoms with van der Waals surface area (Å²) < 4.78 is 29.3. The van der Waals surface area contributed by atoms with Crippen LogP contribution in [-0.4, -0.2) is 43.9 Å². The Morgan fingerprint density at radius 3 is 2.52 bits per heavy atom. The van der Waals surface area contributed by atoms with Gasteiger partial charge in [0.2, 0.25) is 5.91 Å². The minimum atomic E-state index is -0.513. The summed E-state index contributed by atoms with van der Waals surface area (Å²) in [7, 11) is 0. The molecule has 0 aliphatic carbocycles. The van der Waals surface area contributed by atoms with Gasteiger partial charge in [-0.25, -0.2) is 8.78 Å². The molecule has 1 N–H and O–H groups in total. The number of carbonyl (C=O) groups is 1. The number of amides is 1. The van der Waals surface area contributed by atoms with Crippen molar-refractivity contribution in [1.29, 1.82) is 0 Å². The highest BCUT2D eigenvalue weighted by molar-refractivity contribution is 8.00. The van der Waals surface area contributed by atoms with E-state index in [1.807, 2.05) is 4.57 Å². The lowest BCUT2D eigenvalue weighted by Crippen LogP contribution is -2.30. The van der Waals surface area contributed by atoms with E-state index in [9.17, 15) is 13.6 Å². The molecule has 1 unspecified atom stereocenters. The van der Waals surface area contributed by atoms with Crippen molar-refractivity contribution < 1.29 is 13.6 Å². The first kappa shape index (κ1) is 23.4. The molecular weight excluding hydrogens is 444 g/mol. The van der Waals surface area contributed by atoms with Crippen molar-refractivity contribution in [3.05, 3.63) is 65.5 Å². The maximum atomic E-state index is 13.8. The van der Waals surface area contributed by atoms with Gasteiger partial charge in [-0.05, 0) is 81.7 Å². The zero-order valence-electron chi connectivity index (χ0n) is 18.7. The lowest BCUT2D eigenvalue weighted by atomic mass is 10.1. The van der Waals surface area contributed by atoms with E-state index in [1.165, 1.54) is 36.4 Å². The number of aromatic nitrogens is 3. The molecule has 1 aromatic heterocycles. The Balaban J connectivity index is 1.54. The van der Waals surface area contributed by atoms with E-state index >= 15 is 0 Å². The standard InChI is InChI=1S/C24H27F2N5OS/c1-16-6-9-19(14-21(16)26)27-23(32)17(2)33-24-29-28-22(15-30-12-4-3-5-13-30)31(24)20-10-7-18(25)8-11-20/h6-11,14,17H,3-5,12-13,15H2,1-2H3,(H,27,32). The number of nitrogens with one attached hydrogen (secondary N) is 1. The number of benzene rings is 2. The van der Waals surface area contributed by atoms with Gasteiger partial charge in [-0.1, -0.05) is 24.2 Å². The molecule has 33 heavy (non-hydrogen) atoms. The van der Waals surface area contributed by atoms with Crippen LogP contribution in [0.5, 0.6) is 0 Å². The number of likely N-dealkylation sites (tertiary alicyclic amines) is 1. The first-order valence-electron chi connectivity index (χ1n) is 11.1.